The fraction of sp³-hybridized carbons (Fsp3) is 0.450. The Morgan fingerprint density at radius 3 is 1.78 bits per heavy atom. The van der Waals surface area contributed by atoms with Crippen LogP contribution in [-0.4, -0.2) is 97.0 Å². The lowest BCUT2D eigenvalue weighted by molar-refractivity contribution is -0.116. The number of anilines is 4. The molecule has 0 fully saturated rings. The normalized spacial score (nSPS) is 11.3. The van der Waals surface area contributed by atoms with Crippen LogP contribution < -0.4 is 26.6 Å². The molecule has 0 aliphatic heterocycles. The lowest BCUT2D eigenvalue weighted by Gasteiger charge is -2.17. The smallest absolute Gasteiger partial charge is 0.225 e. The van der Waals surface area contributed by atoms with Crippen LogP contribution in [0.2, 0.25) is 0 Å². The number of hydrogen-bond donors (Lipinski definition) is 5. The van der Waals surface area contributed by atoms with Gasteiger partial charge in [-0.15, -0.1) is 0 Å². The molecule has 51 heavy (non-hydrogen) atoms. The summed E-state index contributed by atoms with van der Waals surface area (Å²) in [5.74, 6) is 1.07. The van der Waals surface area contributed by atoms with Gasteiger partial charge in [-0.1, -0.05) is 52.0 Å². The number of fused-ring (bicyclic) bond motifs is 1. The fourth-order valence-electron chi connectivity index (χ4n) is 5.88. The van der Waals surface area contributed by atoms with Crippen molar-refractivity contribution in [1.82, 2.24) is 30.4 Å². The SMILES string of the molecule is CCN(CC)CCCNCCC(=O)Nc1ccc(Nc2nc(-c3ccccc3NC(=O)CCNCCCN(CC)CC)nc3ccccc23)cc1. The van der Waals surface area contributed by atoms with Gasteiger partial charge in [0.2, 0.25) is 11.8 Å². The highest BCUT2D eigenvalue weighted by Gasteiger charge is 2.15. The molecule has 4 rings (SSSR count). The number of aromatic nitrogens is 2. The third kappa shape index (κ3) is 13.0. The topological polar surface area (TPSA) is 127 Å². The molecule has 5 N–H and O–H groups in total. The third-order valence-electron chi connectivity index (χ3n) is 8.98. The Morgan fingerprint density at radius 1 is 0.608 bits per heavy atom. The van der Waals surface area contributed by atoms with Gasteiger partial charge >= 0.3 is 0 Å². The van der Waals surface area contributed by atoms with Gasteiger partial charge in [0.25, 0.3) is 0 Å². The zero-order valence-electron chi connectivity index (χ0n) is 30.9. The Kier molecular flexibility index (Phi) is 16.8. The molecule has 4 aromatic rings. The van der Waals surface area contributed by atoms with E-state index >= 15 is 0 Å². The standard InChI is InChI=1S/C40H57N9O2/c1-5-48(6-2)29-13-25-41-27-23-37(50)43-31-19-21-32(22-20-31)44-39-34-16-10-12-18-36(34)46-40(47-39)33-15-9-11-17-35(33)45-38(51)24-28-42-26-14-30-49(7-3)8-4/h9-12,15-22,41-42H,5-8,13-14,23-30H2,1-4H3,(H,43,50)(H,45,51)(H,44,46,47). The van der Waals surface area contributed by atoms with Crippen LogP contribution >= 0.6 is 0 Å². The largest absolute Gasteiger partial charge is 0.340 e. The number of amides is 2. The summed E-state index contributed by atoms with van der Waals surface area (Å²) in [5, 5.41) is 17.2. The quantitative estimate of drug-likeness (QED) is 0.0566. The van der Waals surface area contributed by atoms with Crippen LogP contribution in [0.15, 0.2) is 72.8 Å². The number of nitrogens with one attached hydrogen (secondary N) is 5. The van der Waals surface area contributed by atoms with E-state index in [1.165, 1.54) is 0 Å². The van der Waals surface area contributed by atoms with Crippen LogP contribution in [0.25, 0.3) is 22.3 Å². The van der Waals surface area contributed by atoms with Crippen molar-refractivity contribution in [3.63, 3.8) is 0 Å². The van der Waals surface area contributed by atoms with Crippen LogP contribution in [0, 0.1) is 0 Å². The molecular weight excluding hydrogens is 639 g/mol. The number of para-hydroxylation sites is 2. The number of carbonyl (C=O) groups is 2. The van der Waals surface area contributed by atoms with Gasteiger partial charge in [-0.25, -0.2) is 9.97 Å². The van der Waals surface area contributed by atoms with Crippen molar-refractivity contribution >= 4 is 45.6 Å². The molecule has 0 spiro atoms. The first-order chi connectivity index (χ1) is 24.9. The predicted octanol–water partition coefficient (Wildman–Crippen LogP) is 6.34. The molecule has 11 nitrogen and oxygen atoms in total. The highest BCUT2D eigenvalue weighted by molar-refractivity contribution is 5.97. The molecule has 0 saturated heterocycles. The van der Waals surface area contributed by atoms with Crippen LogP contribution in [0.1, 0.15) is 53.4 Å². The van der Waals surface area contributed by atoms with Gasteiger partial charge in [0, 0.05) is 48.3 Å². The predicted molar refractivity (Wildman–Crippen MR) is 212 cm³/mol. The summed E-state index contributed by atoms with van der Waals surface area (Å²) in [6, 6.07) is 23.1. The molecule has 0 bridgehead atoms. The summed E-state index contributed by atoms with van der Waals surface area (Å²) >= 11 is 0. The summed E-state index contributed by atoms with van der Waals surface area (Å²) in [6.07, 6.45) is 2.91. The minimum atomic E-state index is -0.0628. The number of carbonyl (C=O) groups excluding carboxylic acids is 2. The molecule has 0 unspecified atom stereocenters. The van der Waals surface area contributed by atoms with E-state index in [1.54, 1.807) is 0 Å². The first kappa shape index (κ1) is 39.4. The van der Waals surface area contributed by atoms with Crippen LogP contribution in [0.4, 0.5) is 22.9 Å². The zero-order valence-corrected chi connectivity index (χ0v) is 30.9. The Hall–Kier alpha value is -4.42. The lowest BCUT2D eigenvalue weighted by atomic mass is 10.1. The second-order valence-electron chi connectivity index (χ2n) is 12.5. The van der Waals surface area contributed by atoms with Gasteiger partial charge in [-0.05, 0) is 114 Å². The Labute approximate surface area is 304 Å². The molecule has 0 aliphatic rings. The lowest BCUT2D eigenvalue weighted by Crippen LogP contribution is -2.28. The number of hydrogen-bond acceptors (Lipinski definition) is 9. The summed E-state index contributed by atoms with van der Waals surface area (Å²) in [5.41, 5.74) is 3.75. The summed E-state index contributed by atoms with van der Waals surface area (Å²) < 4.78 is 0. The van der Waals surface area contributed by atoms with Crippen molar-refractivity contribution in [3.8, 4) is 11.4 Å². The number of nitrogens with zero attached hydrogens (tertiary/aromatic N) is 4. The maximum absolute atomic E-state index is 12.9. The zero-order chi connectivity index (χ0) is 36.3. The van der Waals surface area contributed by atoms with Crippen LogP contribution in [-0.2, 0) is 9.59 Å². The number of rotatable bonds is 23. The second kappa shape index (κ2) is 21.7. The molecular formula is C40H57N9O2. The molecule has 0 aliphatic carbocycles. The number of benzene rings is 3. The van der Waals surface area contributed by atoms with Crippen LogP contribution in [0.3, 0.4) is 0 Å². The Balaban J connectivity index is 1.34. The molecule has 0 atom stereocenters. The molecule has 1 aromatic heterocycles. The maximum atomic E-state index is 12.9. The molecule has 11 heteroatoms. The molecule has 2 amide bonds. The van der Waals surface area contributed by atoms with E-state index in [1.807, 2.05) is 72.8 Å². The van der Waals surface area contributed by atoms with E-state index in [-0.39, 0.29) is 11.8 Å². The Morgan fingerprint density at radius 2 is 1.16 bits per heavy atom. The van der Waals surface area contributed by atoms with Crippen molar-refractivity contribution in [2.45, 2.75) is 53.4 Å². The van der Waals surface area contributed by atoms with Gasteiger partial charge in [0.1, 0.15) is 5.82 Å². The van der Waals surface area contributed by atoms with E-state index in [9.17, 15) is 9.59 Å². The first-order valence-corrected chi connectivity index (χ1v) is 18.6. The first-order valence-electron chi connectivity index (χ1n) is 18.6. The minimum absolute atomic E-state index is 0.0220. The fourth-order valence-corrected chi connectivity index (χ4v) is 5.88. The van der Waals surface area contributed by atoms with E-state index in [0.717, 1.165) is 93.0 Å². The van der Waals surface area contributed by atoms with Gasteiger partial charge < -0.3 is 36.4 Å². The average molecular weight is 696 g/mol. The van der Waals surface area contributed by atoms with E-state index in [2.05, 4.69) is 64.1 Å². The molecule has 1 heterocycles. The van der Waals surface area contributed by atoms with E-state index in [0.29, 0.717) is 43.3 Å². The van der Waals surface area contributed by atoms with Gasteiger partial charge in [0.05, 0.1) is 11.2 Å². The summed E-state index contributed by atoms with van der Waals surface area (Å²) in [7, 11) is 0. The highest BCUT2D eigenvalue weighted by Crippen LogP contribution is 2.31. The van der Waals surface area contributed by atoms with Gasteiger partial charge in [0.15, 0.2) is 5.82 Å². The van der Waals surface area contributed by atoms with Crippen molar-refractivity contribution in [3.05, 3.63) is 72.8 Å². The minimum Gasteiger partial charge on any atom is -0.340 e. The van der Waals surface area contributed by atoms with Gasteiger partial charge in [-0.2, -0.15) is 0 Å². The molecule has 3 aromatic carbocycles. The van der Waals surface area contributed by atoms with Gasteiger partial charge in [-0.3, -0.25) is 9.59 Å². The second-order valence-corrected chi connectivity index (χ2v) is 12.5. The molecule has 0 radical (unpaired) electrons. The van der Waals surface area contributed by atoms with E-state index in [4.69, 9.17) is 9.97 Å². The monoisotopic (exact) mass is 695 g/mol. The van der Waals surface area contributed by atoms with Crippen molar-refractivity contribution < 1.29 is 9.59 Å². The van der Waals surface area contributed by atoms with Crippen molar-refractivity contribution in [2.75, 3.05) is 81.4 Å². The molecule has 274 valence electrons. The van der Waals surface area contributed by atoms with E-state index < -0.39 is 0 Å². The Bertz CT molecular complexity index is 1640. The average Bonchev–Trinajstić information content (AvgIpc) is 3.15. The van der Waals surface area contributed by atoms with Crippen molar-refractivity contribution in [2.24, 2.45) is 0 Å². The van der Waals surface area contributed by atoms with Crippen molar-refractivity contribution in [1.29, 1.82) is 0 Å². The highest BCUT2D eigenvalue weighted by atomic mass is 16.2. The maximum Gasteiger partial charge on any atom is 0.225 e. The van der Waals surface area contributed by atoms with Crippen LogP contribution in [0.5, 0.6) is 0 Å². The molecule has 0 saturated carbocycles. The summed E-state index contributed by atoms with van der Waals surface area (Å²) in [6.45, 7) is 18.1. The third-order valence-corrected chi connectivity index (χ3v) is 8.98. The summed E-state index contributed by atoms with van der Waals surface area (Å²) in [4.78, 5) is 40.1.